The molecule has 0 saturated heterocycles. The molecule has 1 atom stereocenters. The van der Waals surface area contributed by atoms with E-state index in [0.29, 0.717) is 5.16 Å². The molecule has 1 aromatic heterocycles. The minimum absolute atomic E-state index is 0.0227. The van der Waals surface area contributed by atoms with Gasteiger partial charge in [-0.2, -0.15) is 4.68 Å². The quantitative estimate of drug-likeness (QED) is 0.649. The third kappa shape index (κ3) is 4.25. The standard InChI is InChI=1S/C21H23N5OS/c1-15(17-12-11-16-7-5-6-8-18(16)13-17)22-20(27)14-28-21-23-24-25-26(21)19-9-3-2-4-10-19/h2-4,9-13,15H,5-8,14H2,1H3,(H,22,27). The predicted molar refractivity (Wildman–Crippen MR) is 110 cm³/mol. The minimum atomic E-state index is -0.0298. The number of rotatable bonds is 6. The topological polar surface area (TPSA) is 72.7 Å². The van der Waals surface area contributed by atoms with Crippen LogP contribution in [0.15, 0.2) is 53.7 Å². The smallest absolute Gasteiger partial charge is 0.230 e. The van der Waals surface area contributed by atoms with Gasteiger partial charge in [-0.05, 0) is 71.9 Å². The molecule has 1 unspecified atom stereocenters. The molecule has 1 N–H and O–H groups in total. The lowest BCUT2D eigenvalue weighted by Crippen LogP contribution is -2.28. The van der Waals surface area contributed by atoms with Crippen molar-refractivity contribution in [2.45, 2.75) is 43.8 Å². The maximum Gasteiger partial charge on any atom is 0.230 e. The van der Waals surface area contributed by atoms with Crippen LogP contribution in [-0.2, 0) is 17.6 Å². The summed E-state index contributed by atoms with van der Waals surface area (Å²) in [6.07, 6.45) is 4.84. The van der Waals surface area contributed by atoms with E-state index in [0.717, 1.165) is 17.7 Å². The van der Waals surface area contributed by atoms with Crippen LogP contribution in [0.5, 0.6) is 0 Å². The van der Waals surface area contributed by atoms with Gasteiger partial charge in [0.15, 0.2) is 0 Å². The molecule has 0 bridgehead atoms. The molecule has 1 aliphatic carbocycles. The Morgan fingerprint density at radius 3 is 2.75 bits per heavy atom. The molecular formula is C21H23N5OS. The number of nitrogens with zero attached hydrogens (tertiary/aromatic N) is 4. The number of benzene rings is 2. The fourth-order valence-electron chi connectivity index (χ4n) is 3.52. The van der Waals surface area contributed by atoms with E-state index in [1.54, 1.807) is 4.68 Å². The Bertz CT molecular complexity index is 956. The largest absolute Gasteiger partial charge is 0.349 e. The number of carbonyl (C=O) groups excluding carboxylic acids is 1. The van der Waals surface area contributed by atoms with Gasteiger partial charge in [0, 0.05) is 0 Å². The van der Waals surface area contributed by atoms with Crippen LogP contribution in [0, 0.1) is 0 Å². The van der Waals surface area contributed by atoms with Gasteiger partial charge < -0.3 is 5.32 Å². The summed E-state index contributed by atoms with van der Waals surface area (Å²) in [5.41, 5.74) is 4.92. The number of hydrogen-bond acceptors (Lipinski definition) is 5. The number of carbonyl (C=O) groups is 1. The summed E-state index contributed by atoms with van der Waals surface area (Å²) >= 11 is 1.33. The van der Waals surface area contributed by atoms with Crippen LogP contribution in [0.3, 0.4) is 0 Å². The average Bonchev–Trinajstić information content (AvgIpc) is 3.21. The number of para-hydroxylation sites is 1. The number of tetrazole rings is 1. The van der Waals surface area contributed by atoms with Crippen molar-refractivity contribution in [2.24, 2.45) is 0 Å². The Labute approximate surface area is 168 Å². The van der Waals surface area contributed by atoms with Gasteiger partial charge >= 0.3 is 0 Å². The summed E-state index contributed by atoms with van der Waals surface area (Å²) in [5.74, 6) is 0.237. The molecule has 6 nitrogen and oxygen atoms in total. The lowest BCUT2D eigenvalue weighted by Gasteiger charge is -2.20. The monoisotopic (exact) mass is 393 g/mol. The highest BCUT2D eigenvalue weighted by Gasteiger charge is 2.16. The number of hydrogen-bond donors (Lipinski definition) is 1. The average molecular weight is 394 g/mol. The Hall–Kier alpha value is -2.67. The van der Waals surface area contributed by atoms with Crippen LogP contribution in [-0.4, -0.2) is 31.9 Å². The zero-order chi connectivity index (χ0) is 19.3. The van der Waals surface area contributed by atoms with Crippen molar-refractivity contribution < 1.29 is 4.79 Å². The van der Waals surface area contributed by atoms with Crippen molar-refractivity contribution in [3.63, 3.8) is 0 Å². The first kappa shape index (κ1) is 18.7. The first-order chi connectivity index (χ1) is 13.7. The molecule has 1 aliphatic rings. The highest BCUT2D eigenvalue weighted by molar-refractivity contribution is 7.99. The number of aromatic nitrogens is 4. The molecule has 0 spiro atoms. The van der Waals surface area contributed by atoms with E-state index >= 15 is 0 Å². The predicted octanol–water partition coefficient (Wildman–Crippen LogP) is 3.51. The van der Waals surface area contributed by atoms with Crippen molar-refractivity contribution in [3.8, 4) is 5.69 Å². The second-order valence-corrected chi connectivity index (χ2v) is 7.96. The van der Waals surface area contributed by atoms with Crippen LogP contribution in [0.4, 0.5) is 0 Å². The maximum absolute atomic E-state index is 12.4. The van der Waals surface area contributed by atoms with E-state index in [-0.39, 0.29) is 17.7 Å². The highest BCUT2D eigenvalue weighted by Crippen LogP contribution is 2.25. The molecule has 28 heavy (non-hydrogen) atoms. The molecule has 3 aromatic rings. The van der Waals surface area contributed by atoms with Crippen molar-refractivity contribution in [1.29, 1.82) is 0 Å². The molecule has 0 radical (unpaired) electrons. The SMILES string of the molecule is CC(NC(=O)CSc1nnnn1-c1ccccc1)c1ccc2c(c1)CCCC2. The van der Waals surface area contributed by atoms with Gasteiger partial charge in [-0.3, -0.25) is 4.79 Å². The fourth-order valence-corrected chi connectivity index (χ4v) is 4.22. The second-order valence-electron chi connectivity index (χ2n) is 7.02. The van der Waals surface area contributed by atoms with Gasteiger partial charge in [-0.1, -0.05) is 48.2 Å². The van der Waals surface area contributed by atoms with Gasteiger partial charge in [-0.15, -0.1) is 5.10 Å². The molecule has 1 heterocycles. The molecule has 144 valence electrons. The van der Waals surface area contributed by atoms with Gasteiger partial charge in [0.25, 0.3) is 0 Å². The van der Waals surface area contributed by atoms with E-state index in [1.165, 1.54) is 42.2 Å². The molecule has 4 rings (SSSR count). The van der Waals surface area contributed by atoms with Crippen molar-refractivity contribution >= 4 is 17.7 Å². The third-order valence-corrected chi connectivity index (χ3v) is 5.94. The zero-order valence-corrected chi connectivity index (χ0v) is 16.7. The van der Waals surface area contributed by atoms with Gasteiger partial charge in [0.2, 0.25) is 11.1 Å². The number of thioether (sulfide) groups is 1. The molecule has 0 fully saturated rings. The lowest BCUT2D eigenvalue weighted by molar-refractivity contribution is -0.119. The first-order valence-corrected chi connectivity index (χ1v) is 10.6. The summed E-state index contributed by atoms with van der Waals surface area (Å²) < 4.78 is 1.64. The number of aryl methyl sites for hydroxylation is 2. The molecule has 7 heteroatoms. The van der Waals surface area contributed by atoms with Crippen LogP contribution >= 0.6 is 11.8 Å². The third-order valence-electron chi connectivity index (χ3n) is 5.02. The molecular weight excluding hydrogens is 370 g/mol. The van der Waals surface area contributed by atoms with Gasteiger partial charge in [0.05, 0.1) is 17.5 Å². The normalized spacial score (nSPS) is 14.3. The molecule has 1 amide bonds. The van der Waals surface area contributed by atoms with Crippen LogP contribution in [0.2, 0.25) is 0 Å². The molecule has 0 aliphatic heterocycles. The van der Waals surface area contributed by atoms with Crippen molar-refractivity contribution in [1.82, 2.24) is 25.5 Å². The van der Waals surface area contributed by atoms with E-state index < -0.39 is 0 Å². The Morgan fingerprint density at radius 2 is 1.93 bits per heavy atom. The summed E-state index contributed by atoms with van der Waals surface area (Å²) in [6, 6.07) is 16.2. The van der Waals surface area contributed by atoms with E-state index in [1.807, 2.05) is 37.3 Å². The maximum atomic E-state index is 12.4. The molecule has 2 aromatic carbocycles. The lowest BCUT2D eigenvalue weighted by atomic mass is 9.89. The van der Waals surface area contributed by atoms with Crippen molar-refractivity contribution in [3.05, 3.63) is 65.2 Å². The van der Waals surface area contributed by atoms with Crippen LogP contribution in [0.1, 0.15) is 42.5 Å². The summed E-state index contributed by atoms with van der Waals surface area (Å²) in [5, 5.41) is 15.5. The first-order valence-electron chi connectivity index (χ1n) is 9.58. The van der Waals surface area contributed by atoms with Crippen LogP contribution < -0.4 is 5.32 Å². The minimum Gasteiger partial charge on any atom is -0.349 e. The fraction of sp³-hybridized carbons (Fsp3) is 0.333. The second kappa shape index (κ2) is 8.56. The Kier molecular flexibility index (Phi) is 5.71. The van der Waals surface area contributed by atoms with E-state index in [4.69, 9.17) is 0 Å². The van der Waals surface area contributed by atoms with Crippen molar-refractivity contribution in [2.75, 3.05) is 5.75 Å². The number of nitrogens with one attached hydrogen (secondary N) is 1. The Balaban J connectivity index is 1.36. The van der Waals surface area contributed by atoms with Crippen LogP contribution in [0.25, 0.3) is 5.69 Å². The molecule has 0 saturated carbocycles. The van der Waals surface area contributed by atoms with Gasteiger partial charge in [-0.25, -0.2) is 0 Å². The highest BCUT2D eigenvalue weighted by atomic mass is 32.2. The number of fused-ring (bicyclic) bond motifs is 1. The summed E-state index contributed by atoms with van der Waals surface area (Å²) in [4.78, 5) is 12.4. The van der Waals surface area contributed by atoms with E-state index in [2.05, 4.69) is 39.0 Å². The van der Waals surface area contributed by atoms with Gasteiger partial charge in [0.1, 0.15) is 0 Å². The van der Waals surface area contributed by atoms with E-state index in [9.17, 15) is 4.79 Å². The number of amides is 1. The zero-order valence-electron chi connectivity index (χ0n) is 15.8. The summed E-state index contributed by atoms with van der Waals surface area (Å²) in [6.45, 7) is 2.03. The Morgan fingerprint density at radius 1 is 1.14 bits per heavy atom. The summed E-state index contributed by atoms with van der Waals surface area (Å²) in [7, 11) is 0.